The van der Waals surface area contributed by atoms with E-state index in [1.54, 1.807) is 25.2 Å². The maximum Gasteiger partial charge on any atom is 0.321 e. The molecule has 0 spiro atoms. The molecule has 14 heteroatoms. The van der Waals surface area contributed by atoms with E-state index in [9.17, 15) is 9.59 Å². The molecular weight excluding hydrogens is 474 g/mol. The van der Waals surface area contributed by atoms with Gasteiger partial charge in [0.25, 0.3) is 5.91 Å². The number of pyridine rings is 1. The van der Waals surface area contributed by atoms with Crippen LogP contribution < -0.4 is 10.6 Å². The van der Waals surface area contributed by atoms with Crippen LogP contribution in [0.5, 0.6) is 0 Å². The number of anilines is 1. The van der Waals surface area contributed by atoms with Crippen LogP contribution in [0.1, 0.15) is 21.1 Å². The fourth-order valence-corrected chi connectivity index (χ4v) is 4.21. The Hall–Kier alpha value is -3.42. The third-order valence-corrected chi connectivity index (χ3v) is 6.01. The molecule has 0 aliphatic rings. The average Bonchev–Trinajstić information content (AvgIpc) is 3.55. The van der Waals surface area contributed by atoms with Gasteiger partial charge in [0.15, 0.2) is 11.6 Å². The summed E-state index contributed by atoms with van der Waals surface area (Å²) in [7, 11) is 1.64. The van der Waals surface area contributed by atoms with Crippen LogP contribution in [0.3, 0.4) is 0 Å². The van der Waals surface area contributed by atoms with Crippen molar-refractivity contribution < 1.29 is 9.59 Å². The number of thiophene rings is 1. The van der Waals surface area contributed by atoms with E-state index >= 15 is 0 Å². The summed E-state index contributed by atoms with van der Waals surface area (Å²) in [6.07, 6.45) is 4.40. The summed E-state index contributed by atoms with van der Waals surface area (Å²) >= 11 is 8.31. The molecule has 0 unspecified atom stereocenters. The number of rotatable bonds is 7. The summed E-state index contributed by atoms with van der Waals surface area (Å²) in [6.45, 7) is 0.535. The number of urea groups is 1. The predicted octanol–water partition coefficient (Wildman–Crippen LogP) is 2.82. The van der Waals surface area contributed by atoms with E-state index < -0.39 is 6.03 Å². The molecule has 0 saturated heterocycles. The van der Waals surface area contributed by atoms with Gasteiger partial charge >= 0.3 is 6.03 Å². The van der Waals surface area contributed by atoms with E-state index in [1.807, 2.05) is 6.07 Å². The second-order valence-electron chi connectivity index (χ2n) is 6.44. The molecule has 4 rings (SSSR count). The van der Waals surface area contributed by atoms with Crippen molar-refractivity contribution in [1.82, 2.24) is 39.3 Å². The highest BCUT2D eigenvalue weighted by Gasteiger charge is 2.16. The summed E-state index contributed by atoms with van der Waals surface area (Å²) in [5.41, 5.74) is 0.415. The van der Waals surface area contributed by atoms with Crippen LogP contribution in [0.25, 0.3) is 5.82 Å². The van der Waals surface area contributed by atoms with Crippen LogP contribution in [0.15, 0.2) is 43.1 Å². The Morgan fingerprint density at radius 3 is 2.81 bits per heavy atom. The zero-order chi connectivity index (χ0) is 22.5. The standard InChI is InChI=1S/C18H16ClN9O2S2/c1-27(16(29)11-2-5-15(21-6-11)28-10-20-9-23-28)8-14-24-18(32-26-14)25-17(30)22-7-12-3-4-13(19)31-12/h2-6,9-10H,7-8H2,1H3,(H2,22,24,25,26,30). The van der Waals surface area contributed by atoms with E-state index in [4.69, 9.17) is 11.6 Å². The van der Waals surface area contributed by atoms with Crippen molar-refractivity contribution in [3.05, 3.63) is 63.7 Å². The van der Waals surface area contributed by atoms with Gasteiger partial charge in [-0.2, -0.15) is 9.47 Å². The molecule has 0 radical (unpaired) electrons. The van der Waals surface area contributed by atoms with Gasteiger partial charge in [-0.1, -0.05) is 11.6 Å². The third-order valence-electron chi connectivity index (χ3n) is 4.11. The van der Waals surface area contributed by atoms with Crippen LogP contribution in [0.2, 0.25) is 4.34 Å². The Bertz CT molecular complexity index is 1210. The van der Waals surface area contributed by atoms with E-state index in [-0.39, 0.29) is 12.5 Å². The Balaban J connectivity index is 1.29. The number of hydrogen-bond acceptors (Lipinski definition) is 9. The fourth-order valence-electron chi connectivity index (χ4n) is 2.60. The highest BCUT2D eigenvalue weighted by atomic mass is 35.5. The summed E-state index contributed by atoms with van der Waals surface area (Å²) in [6, 6.07) is 6.56. The van der Waals surface area contributed by atoms with Gasteiger partial charge in [0.1, 0.15) is 12.7 Å². The third kappa shape index (κ3) is 5.43. The average molecular weight is 490 g/mol. The van der Waals surface area contributed by atoms with E-state index in [1.165, 1.54) is 39.8 Å². The van der Waals surface area contributed by atoms with Gasteiger partial charge < -0.3 is 10.2 Å². The molecule has 11 nitrogen and oxygen atoms in total. The maximum absolute atomic E-state index is 12.7. The van der Waals surface area contributed by atoms with Crippen molar-refractivity contribution in [3.8, 4) is 5.82 Å². The molecule has 164 valence electrons. The minimum atomic E-state index is -0.403. The highest BCUT2D eigenvalue weighted by molar-refractivity contribution is 7.16. The molecule has 32 heavy (non-hydrogen) atoms. The molecule has 4 aromatic rings. The molecule has 2 N–H and O–H groups in total. The van der Waals surface area contributed by atoms with Crippen LogP contribution in [-0.2, 0) is 13.1 Å². The predicted molar refractivity (Wildman–Crippen MR) is 120 cm³/mol. The minimum Gasteiger partial charge on any atom is -0.334 e. The molecule has 0 aromatic carbocycles. The van der Waals surface area contributed by atoms with Gasteiger partial charge in [-0.25, -0.2) is 24.4 Å². The van der Waals surface area contributed by atoms with Gasteiger partial charge in [0.05, 0.1) is 23.0 Å². The topological polar surface area (TPSA) is 131 Å². The quantitative estimate of drug-likeness (QED) is 0.408. The van der Waals surface area contributed by atoms with Crippen molar-refractivity contribution >= 4 is 51.5 Å². The van der Waals surface area contributed by atoms with Gasteiger partial charge in [0.2, 0.25) is 5.13 Å². The molecule has 0 saturated carbocycles. The number of amides is 3. The van der Waals surface area contributed by atoms with Crippen molar-refractivity contribution in [1.29, 1.82) is 0 Å². The van der Waals surface area contributed by atoms with E-state index in [0.29, 0.717) is 33.2 Å². The maximum atomic E-state index is 12.7. The summed E-state index contributed by atoms with van der Waals surface area (Å²) in [5.74, 6) is 0.733. The van der Waals surface area contributed by atoms with Crippen LogP contribution >= 0.6 is 34.5 Å². The molecule has 0 atom stereocenters. The minimum absolute atomic E-state index is 0.178. The molecule has 4 heterocycles. The lowest BCUT2D eigenvalue weighted by Gasteiger charge is -2.15. The zero-order valence-corrected chi connectivity index (χ0v) is 19.0. The second kappa shape index (κ2) is 9.80. The number of carbonyl (C=O) groups excluding carboxylic acids is 2. The number of nitrogens with zero attached hydrogens (tertiary/aromatic N) is 7. The summed E-state index contributed by atoms with van der Waals surface area (Å²) < 4.78 is 6.36. The van der Waals surface area contributed by atoms with Crippen molar-refractivity contribution in [2.45, 2.75) is 13.1 Å². The smallest absolute Gasteiger partial charge is 0.321 e. The first-order chi connectivity index (χ1) is 15.5. The van der Waals surface area contributed by atoms with Gasteiger partial charge in [-0.3, -0.25) is 10.1 Å². The molecule has 0 aliphatic carbocycles. The Morgan fingerprint density at radius 2 is 2.12 bits per heavy atom. The van der Waals surface area contributed by atoms with Gasteiger partial charge in [0, 0.05) is 29.7 Å². The SMILES string of the molecule is CN(Cc1nsc(NC(=O)NCc2ccc(Cl)s2)n1)C(=O)c1ccc(-n2cncn2)nc1. The highest BCUT2D eigenvalue weighted by Crippen LogP contribution is 2.21. The lowest BCUT2D eigenvalue weighted by Crippen LogP contribution is -2.28. The zero-order valence-electron chi connectivity index (χ0n) is 16.6. The largest absolute Gasteiger partial charge is 0.334 e. The molecular formula is C18H16ClN9O2S2. The first-order valence-electron chi connectivity index (χ1n) is 9.16. The number of halogens is 1. The van der Waals surface area contributed by atoms with Gasteiger partial charge in [-0.05, 0) is 24.3 Å². The number of nitrogens with one attached hydrogen (secondary N) is 2. The van der Waals surface area contributed by atoms with E-state index in [0.717, 1.165) is 16.4 Å². The molecule has 4 aromatic heterocycles. The normalized spacial score (nSPS) is 10.7. The summed E-state index contributed by atoms with van der Waals surface area (Å²) in [5, 5.41) is 9.69. The number of aromatic nitrogens is 6. The fraction of sp³-hybridized carbons (Fsp3) is 0.167. The van der Waals surface area contributed by atoms with Crippen LogP contribution in [0, 0.1) is 0 Å². The van der Waals surface area contributed by atoms with Crippen LogP contribution in [-0.4, -0.2) is 53.0 Å². The molecule has 3 amide bonds. The van der Waals surface area contributed by atoms with Crippen molar-refractivity contribution in [2.24, 2.45) is 0 Å². The lowest BCUT2D eigenvalue weighted by molar-refractivity contribution is 0.0781. The van der Waals surface area contributed by atoms with Crippen LogP contribution in [0.4, 0.5) is 9.93 Å². The van der Waals surface area contributed by atoms with Crippen molar-refractivity contribution in [3.63, 3.8) is 0 Å². The Morgan fingerprint density at radius 1 is 1.25 bits per heavy atom. The second-order valence-corrected chi connectivity index (χ2v) is 8.99. The number of hydrogen-bond donors (Lipinski definition) is 2. The molecule has 0 aliphatic heterocycles. The lowest BCUT2D eigenvalue weighted by atomic mass is 10.2. The monoisotopic (exact) mass is 489 g/mol. The van der Waals surface area contributed by atoms with Gasteiger partial charge in [-0.15, -0.1) is 11.3 Å². The first kappa shape index (κ1) is 21.8. The Labute approximate surface area is 195 Å². The molecule has 0 fully saturated rings. The first-order valence-corrected chi connectivity index (χ1v) is 11.1. The van der Waals surface area contributed by atoms with E-state index in [2.05, 4.69) is 35.1 Å². The molecule has 0 bridgehead atoms. The number of carbonyl (C=O) groups is 2. The Kier molecular flexibility index (Phi) is 6.68. The summed E-state index contributed by atoms with van der Waals surface area (Å²) in [4.78, 5) is 39.5. The van der Waals surface area contributed by atoms with Crippen molar-refractivity contribution in [2.75, 3.05) is 12.4 Å².